The number of hydrogen-bond acceptors (Lipinski definition) is 2. The van der Waals surface area contributed by atoms with Gasteiger partial charge < -0.3 is 15.0 Å². The predicted octanol–water partition coefficient (Wildman–Crippen LogP) is 2.42. The van der Waals surface area contributed by atoms with Crippen molar-refractivity contribution in [3.05, 3.63) is 41.6 Å². The van der Waals surface area contributed by atoms with E-state index in [0.717, 1.165) is 18.7 Å². The summed E-state index contributed by atoms with van der Waals surface area (Å²) >= 11 is 0. The van der Waals surface area contributed by atoms with Gasteiger partial charge in [-0.3, -0.25) is 0 Å². The van der Waals surface area contributed by atoms with Crippen LogP contribution in [0.25, 0.3) is 11.3 Å². The zero-order valence-electron chi connectivity index (χ0n) is 10.8. The van der Waals surface area contributed by atoms with E-state index in [1.807, 2.05) is 13.0 Å². The molecule has 0 amide bonds. The summed E-state index contributed by atoms with van der Waals surface area (Å²) in [5.41, 5.74) is 11.3. The average Bonchev–Trinajstić information content (AvgIpc) is 2.88. The van der Waals surface area contributed by atoms with Gasteiger partial charge in [0.05, 0.1) is 12.8 Å². The quantitative estimate of drug-likeness (QED) is 0.766. The van der Waals surface area contributed by atoms with E-state index in [4.69, 9.17) is 10.5 Å². The van der Waals surface area contributed by atoms with Gasteiger partial charge in [-0.05, 0) is 36.2 Å². The smallest absolute Gasteiger partial charge is 0.119 e. The van der Waals surface area contributed by atoms with Crippen molar-refractivity contribution in [3.63, 3.8) is 0 Å². The zero-order valence-corrected chi connectivity index (χ0v) is 10.8. The number of nitrogens with zero attached hydrogens (tertiary/aromatic N) is 1. The summed E-state index contributed by atoms with van der Waals surface area (Å²) in [4.78, 5) is 0. The van der Waals surface area contributed by atoms with Crippen LogP contribution in [0, 0.1) is 0 Å². The van der Waals surface area contributed by atoms with Crippen LogP contribution in [-0.4, -0.2) is 17.7 Å². The van der Waals surface area contributed by atoms with E-state index in [9.17, 15) is 0 Å². The molecule has 1 atom stereocenters. The van der Waals surface area contributed by atoms with Crippen LogP contribution in [0.15, 0.2) is 30.5 Å². The Labute approximate surface area is 107 Å². The molecule has 0 spiro atoms. The van der Waals surface area contributed by atoms with Gasteiger partial charge in [-0.1, -0.05) is 6.07 Å². The molecule has 3 rings (SSSR count). The van der Waals surface area contributed by atoms with Gasteiger partial charge >= 0.3 is 0 Å². The largest absolute Gasteiger partial charge is 0.497 e. The predicted molar refractivity (Wildman–Crippen MR) is 72.9 cm³/mol. The number of aromatic nitrogens is 1. The second-order valence-corrected chi connectivity index (χ2v) is 5.02. The first kappa shape index (κ1) is 11.4. The third-order valence-corrected chi connectivity index (χ3v) is 3.48. The van der Waals surface area contributed by atoms with E-state index in [1.54, 1.807) is 7.11 Å². The molecule has 0 unspecified atom stereocenters. The fourth-order valence-electron chi connectivity index (χ4n) is 2.71. The molecule has 1 aromatic heterocycles. The molecule has 0 saturated carbocycles. The Balaban J connectivity index is 2.09. The monoisotopic (exact) mass is 242 g/mol. The van der Waals surface area contributed by atoms with Gasteiger partial charge in [0.1, 0.15) is 5.75 Å². The molecule has 0 fully saturated rings. The summed E-state index contributed by atoms with van der Waals surface area (Å²) in [5, 5.41) is 0. The van der Waals surface area contributed by atoms with Crippen molar-refractivity contribution in [1.29, 1.82) is 0 Å². The van der Waals surface area contributed by atoms with E-state index in [-0.39, 0.29) is 6.04 Å². The second kappa shape index (κ2) is 4.18. The third-order valence-electron chi connectivity index (χ3n) is 3.48. The first-order valence-corrected chi connectivity index (χ1v) is 6.30. The minimum absolute atomic E-state index is 0.163. The highest BCUT2D eigenvalue weighted by molar-refractivity contribution is 5.75. The normalized spacial score (nSPS) is 14.2. The number of nitrogens with two attached hydrogens (primary N) is 1. The van der Waals surface area contributed by atoms with Crippen LogP contribution in [0.1, 0.15) is 18.1 Å². The van der Waals surface area contributed by atoms with E-state index in [1.165, 1.54) is 22.4 Å². The maximum absolute atomic E-state index is 5.91. The Bertz CT molecular complexity index is 584. The van der Waals surface area contributed by atoms with Crippen molar-refractivity contribution >= 4 is 0 Å². The SMILES string of the molecule is COc1ccc2c(c1)-c1c(ccn1C[C@@H](C)N)C2. The van der Waals surface area contributed by atoms with Gasteiger partial charge in [-0.2, -0.15) is 0 Å². The lowest BCUT2D eigenvalue weighted by Crippen LogP contribution is -2.22. The van der Waals surface area contributed by atoms with Crippen LogP contribution >= 0.6 is 0 Å². The van der Waals surface area contributed by atoms with Crippen molar-refractivity contribution in [3.8, 4) is 17.0 Å². The van der Waals surface area contributed by atoms with Crippen LogP contribution in [-0.2, 0) is 13.0 Å². The Hall–Kier alpha value is -1.74. The summed E-state index contributed by atoms with van der Waals surface area (Å²) in [6, 6.07) is 8.67. The highest BCUT2D eigenvalue weighted by Crippen LogP contribution is 2.39. The number of fused-ring (bicyclic) bond motifs is 3. The molecule has 2 N–H and O–H groups in total. The lowest BCUT2D eigenvalue weighted by atomic mass is 10.1. The Kier molecular flexibility index (Phi) is 2.63. The highest BCUT2D eigenvalue weighted by atomic mass is 16.5. The van der Waals surface area contributed by atoms with Gasteiger partial charge in [0.25, 0.3) is 0 Å². The van der Waals surface area contributed by atoms with Gasteiger partial charge in [-0.25, -0.2) is 0 Å². The van der Waals surface area contributed by atoms with Crippen LogP contribution < -0.4 is 10.5 Å². The maximum Gasteiger partial charge on any atom is 0.119 e. The molecule has 0 bridgehead atoms. The summed E-state index contributed by atoms with van der Waals surface area (Å²) < 4.78 is 7.57. The van der Waals surface area contributed by atoms with Gasteiger partial charge in [0, 0.05) is 30.8 Å². The van der Waals surface area contributed by atoms with Gasteiger partial charge in [0.2, 0.25) is 0 Å². The maximum atomic E-state index is 5.91. The van der Waals surface area contributed by atoms with Crippen LogP contribution in [0.2, 0.25) is 0 Å². The zero-order chi connectivity index (χ0) is 12.7. The van der Waals surface area contributed by atoms with Crippen molar-refractivity contribution in [2.75, 3.05) is 7.11 Å². The Morgan fingerprint density at radius 2 is 2.17 bits per heavy atom. The van der Waals surface area contributed by atoms with E-state index < -0.39 is 0 Å². The molecule has 3 nitrogen and oxygen atoms in total. The van der Waals surface area contributed by atoms with Crippen molar-refractivity contribution < 1.29 is 4.74 Å². The molecule has 0 radical (unpaired) electrons. The summed E-state index contributed by atoms with van der Waals surface area (Å²) in [6.07, 6.45) is 3.15. The highest BCUT2D eigenvalue weighted by Gasteiger charge is 2.22. The topological polar surface area (TPSA) is 40.2 Å². The molecule has 1 aromatic carbocycles. The van der Waals surface area contributed by atoms with Gasteiger partial charge in [-0.15, -0.1) is 0 Å². The molecular weight excluding hydrogens is 224 g/mol. The molecule has 0 saturated heterocycles. The minimum atomic E-state index is 0.163. The van der Waals surface area contributed by atoms with Gasteiger partial charge in [0.15, 0.2) is 0 Å². The summed E-state index contributed by atoms with van der Waals surface area (Å²) in [7, 11) is 1.71. The molecule has 1 heterocycles. The summed E-state index contributed by atoms with van der Waals surface area (Å²) in [6.45, 7) is 2.89. The molecule has 1 aliphatic rings. The second-order valence-electron chi connectivity index (χ2n) is 5.02. The molecule has 1 aliphatic carbocycles. The minimum Gasteiger partial charge on any atom is -0.497 e. The van der Waals surface area contributed by atoms with Crippen LogP contribution in [0.4, 0.5) is 0 Å². The Morgan fingerprint density at radius 3 is 2.89 bits per heavy atom. The molecular formula is C15H18N2O. The number of methoxy groups -OCH3 is 1. The van der Waals surface area contributed by atoms with Crippen LogP contribution in [0.5, 0.6) is 5.75 Å². The van der Waals surface area contributed by atoms with Crippen molar-refractivity contribution in [2.24, 2.45) is 5.73 Å². The van der Waals surface area contributed by atoms with Crippen molar-refractivity contribution in [1.82, 2.24) is 4.57 Å². The number of rotatable bonds is 3. The first-order chi connectivity index (χ1) is 8.69. The van der Waals surface area contributed by atoms with E-state index >= 15 is 0 Å². The molecule has 0 aliphatic heterocycles. The molecule has 18 heavy (non-hydrogen) atoms. The van der Waals surface area contributed by atoms with E-state index in [2.05, 4.69) is 29.0 Å². The number of benzene rings is 1. The first-order valence-electron chi connectivity index (χ1n) is 6.30. The number of hydrogen-bond donors (Lipinski definition) is 1. The molecule has 3 heteroatoms. The van der Waals surface area contributed by atoms with E-state index in [0.29, 0.717) is 0 Å². The van der Waals surface area contributed by atoms with Crippen molar-refractivity contribution in [2.45, 2.75) is 25.9 Å². The average molecular weight is 242 g/mol. The lowest BCUT2D eigenvalue weighted by molar-refractivity contribution is 0.415. The fraction of sp³-hybridized carbons (Fsp3) is 0.333. The van der Waals surface area contributed by atoms with Crippen LogP contribution in [0.3, 0.4) is 0 Å². The number of ether oxygens (including phenoxy) is 1. The molecule has 94 valence electrons. The standard InChI is InChI=1S/C15H18N2O/c1-10(16)9-17-6-5-12-7-11-3-4-13(18-2)8-14(11)15(12)17/h3-6,8,10H,7,9,16H2,1-2H3/t10-/m1/s1. The molecule has 2 aromatic rings. The lowest BCUT2D eigenvalue weighted by Gasteiger charge is -2.12. The summed E-state index contributed by atoms with van der Waals surface area (Å²) in [5.74, 6) is 0.912. The third kappa shape index (κ3) is 1.71. The fourth-order valence-corrected chi connectivity index (χ4v) is 2.71. The Morgan fingerprint density at radius 1 is 1.33 bits per heavy atom.